The van der Waals surface area contributed by atoms with E-state index in [1.807, 2.05) is 0 Å². The molecule has 1 rings (SSSR count). The summed E-state index contributed by atoms with van der Waals surface area (Å²) in [5, 5.41) is 8.81. The number of carboxylic acids is 1. The van der Waals surface area contributed by atoms with Crippen molar-refractivity contribution in [3.05, 3.63) is 0 Å². The molecule has 0 unspecified atom stereocenters. The van der Waals surface area contributed by atoms with Gasteiger partial charge >= 0.3 is 13.6 Å². The van der Waals surface area contributed by atoms with Crippen LogP contribution in [0.15, 0.2) is 0 Å². The highest BCUT2D eigenvalue weighted by Crippen LogP contribution is 2.41. The molecule has 1 saturated carbocycles. The van der Waals surface area contributed by atoms with Crippen molar-refractivity contribution >= 4 is 13.6 Å². The standard InChI is InChI=1S/C11H22NO5P/c12-10(11(13)14)7-9-4-2-1-3-8(9)5-6-18(15,16)17/h8-10H,1-7,12H2,(H,13,14)(H2,15,16,17)/t8-,9+,10-/m1/s1. The predicted molar refractivity (Wildman–Crippen MR) is 67.2 cm³/mol. The van der Waals surface area contributed by atoms with Crippen molar-refractivity contribution in [1.82, 2.24) is 0 Å². The van der Waals surface area contributed by atoms with Crippen LogP contribution in [0.5, 0.6) is 0 Å². The highest BCUT2D eigenvalue weighted by Gasteiger charge is 2.30. The van der Waals surface area contributed by atoms with Crippen molar-refractivity contribution in [2.45, 2.75) is 44.6 Å². The zero-order valence-corrected chi connectivity index (χ0v) is 11.3. The first kappa shape index (κ1) is 15.6. The fourth-order valence-electron chi connectivity index (χ4n) is 2.74. The van der Waals surface area contributed by atoms with Gasteiger partial charge in [-0.05, 0) is 24.7 Å². The topological polar surface area (TPSA) is 121 Å². The van der Waals surface area contributed by atoms with Crippen LogP contribution in [-0.4, -0.2) is 33.1 Å². The molecule has 0 bridgehead atoms. The van der Waals surface area contributed by atoms with E-state index in [1.165, 1.54) is 0 Å². The quantitative estimate of drug-likeness (QED) is 0.541. The van der Waals surface area contributed by atoms with Crippen molar-refractivity contribution in [1.29, 1.82) is 0 Å². The van der Waals surface area contributed by atoms with E-state index in [2.05, 4.69) is 0 Å². The molecule has 5 N–H and O–H groups in total. The molecule has 0 aromatic heterocycles. The molecular weight excluding hydrogens is 257 g/mol. The molecule has 0 aromatic carbocycles. The maximum Gasteiger partial charge on any atom is 0.325 e. The number of carboxylic acid groups (broad SMARTS) is 1. The van der Waals surface area contributed by atoms with Gasteiger partial charge < -0.3 is 20.6 Å². The van der Waals surface area contributed by atoms with Gasteiger partial charge in [0.2, 0.25) is 0 Å². The van der Waals surface area contributed by atoms with E-state index >= 15 is 0 Å². The van der Waals surface area contributed by atoms with E-state index in [0.717, 1.165) is 25.7 Å². The minimum atomic E-state index is -3.96. The third kappa shape index (κ3) is 5.48. The first-order valence-electron chi connectivity index (χ1n) is 6.32. The minimum absolute atomic E-state index is 0.115. The zero-order chi connectivity index (χ0) is 13.8. The molecule has 0 spiro atoms. The number of hydrogen-bond acceptors (Lipinski definition) is 3. The van der Waals surface area contributed by atoms with Crippen LogP contribution >= 0.6 is 7.60 Å². The van der Waals surface area contributed by atoms with Crippen molar-refractivity contribution < 1.29 is 24.3 Å². The van der Waals surface area contributed by atoms with E-state index in [0.29, 0.717) is 12.8 Å². The Hall–Kier alpha value is -0.420. The van der Waals surface area contributed by atoms with E-state index < -0.39 is 19.6 Å². The second kappa shape index (κ2) is 6.66. The third-order valence-electron chi connectivity index (χ3n) is 3.73. The normalized spacial score (nSPS) is 26.8. The molecule has 0 heterocycles. The Kier molecular flexibility index (Phi) is 5.79. The monoisotopic (exact) mass is 279 g/mol. The van der Waals surface area contributed by atoms with Gasteiger partial charge in [0.1, 0.15) is 6.04 Å². The molecule has 0 radical (unpaired) electrons. The first-order valence-corrected chi connectivity index (χ1v) is 8.12. The lowest BCUT2D eigenvalue weighted by molar-refractivity contribution is -0.139. The summed E-state index contributed by atoms with van der Waals surface area (Å²) in [6.07, 6.45) is 4.66. The van der Waals surface area contributed by atoms with Crippen LogP contribution in [0, 0.1) is 11.8 Å². The van der Waals surface area contributed by atoms with Crippen molar-refractivity contribution in [2.75, 3.05) is 6.16 Å². The molecule has 0 amide bonds. The first-order chi connectivity index (χ1) is 8.29. The number of nitrogens with two attached hydrogens (primary N) is 1. The largest absolute Gasteiger partial charge is 0.480 e. The highest BCUT2D eigenvalue weighted by atomic mass is 31.2. The minimum Gasteiger partial charge on any atom is -0.480 e. The van der Waals surface area contributed by atoms with Gasteiger partial charge in [0, 0.05) is 0 Å². The highest BCUT2D eigenvalue weighted by molar-refractivity contribution is 7.51. The number of rotatable bonds is 6. The summed E-state index contributed by atoms with van der Waals surface area (Å²) in [5.41, 5.74) is 5.54. The van der Waals surface area contributed by atoms with Crippen LogP contribution in [0.25, 0.3) is 0 Å². The van der Waals surface area contributed by atoms with Crippen LogP contribution in [0.3, 0.4) is 0 Å². The van der Waals surface area contributed by atoms with Gasteiger partial charge in [0.15, 0.2) is 0 Å². The van der Waals surface area contributed by atoms with Gasteiger partial charge in [-0.25, -0.2) is 0 Å². The molecule has 0 saturated heterocycles. The van der Waals surface area contributed by atoms with Gasteiger partial charge in [0.25, 0.3) is 0 Å². The Morgan fingerprint density at radius 2 is 1.83 bits per heavy atom. The molecule has 1 aliphatic carbocycles. The molecule has 1 aliphatic rings. The Labute approximate surface area is 107 Å². The van der Waals surface area contributed by atoms with Crippen molar-refractivity contribution in [3.8, 4) is 0 Å². The van der Waals surface area contributed by atoms with Gasteiger partial charge in [-0.3, -0.25) is 9.36 Å². The van der Waals surface area contributed by atoms with E-state index in [-0.39, 0.29) is 18.0 Å². The SMILES string of the molecule is N[C@H](C[C@@H]1CCCC[C@@H]1CCP(=O)(O)O)C(=O)O. The predicted octanol–water partition coefficient (Wildman–Crippen LogP) is 1.16. The van der Waals surface area contributed by atoms with Crippen LogP contribution in [0.2, 0.25) is 0 Å². The fraction of sp³-hybridized carbons (Fsp3) is 0.909. The summed E-state index contributed by atoms with van der Waals surface area (Å²) in [6, 6.07) is -0.870. The average Bonchev–Trinajstić information content (AvgIpc) is 2.26. The van der Waals surface area contributed by atoms with Crippen LogP contribution in [0.4, 0.5) is 0 Å². The zero-order valence-electron chi connectivity index (χ0n) is 10.4. The Bertz CT molecular complexity index is 329. The molecule has 106 valence electrons. The lowest BCUT2D eigenvalue weighted by atomic mass is 9.75. The lowest BCUT2D eigenvalue weighted by Crippen LogP contribution is -2.35. The maximum atomic E-state index is 10.9. The van der Waals surface area contributed by atoms with Crippen LogP contribution < -0.4 is 5.73 Å². The third-order valence-corrected chi connectivity index (χ3v) is 4.57. The van der Waals surface area contributed by atoms with Gasteiger partial charge in [-0.2, -0.15) is 0 Å². The molecule has 6 nitrogen and oxygen atoms in total. The Balaban J connectivity index is 2.51. The Morgan fingerprint density at radius 1 is 1.28 bits per heavy atom. The Morgan fingerprint density at radius 3 is 2.33 bits per heavy atom. The molecule has 7 heteroatoms. The summed E-state index contributed by atoms with van der Waals surface area (Å²) in [4.78, 5) is 28.5. The summed E-state index contributed by atoms with van der Waals surface area (Å²) in [7, 11) is -3.96. The number of carbonyl (C=O) groups is 1. The average molecular weight is 279 g/mol. The molecule has 3 atom stereocenters. The fourth-order valence-corrected chi connectivity index (χ4v) is 3.40. The molecule has 1 fully saturated rings. The van der Waals surface area contributed by atoms with Crippen molar-refractivity contribution in [2.24, 2.45) is 17.6 Å². The lowest BCUT2D eigenvalue weighted by Gasteiger charge is -2.32. The number of aliphatic carboxylic acids is 1. The second-order valence-electron chi connectivity index (χ2n) is 5.16. The molecular formula is C11H22NO5P. The van der Waals surface area contributed by atoms with E-state index in [4.69, 9.17) is 20.6 Å². The maximum absolute atomic E-state index is 10.9. The summed E-state index contributed by atoms with van der Waals surface area (Å²) < 4.78 is 10.9. The molecule has 0 aliphatic heterocycles. The summed E-state index contributed by atoms with van der Waals surface area (Å²) in [5.74, 6) is -0.637. The summed E-state index contributed by atoms with van der Waals surface area (Å²) >= 11 is 0. The van der Waals surface area contributed by atoms with E-state index in [1.54, 1.807) is 0 Å². The van der Waals surface area contributed by atoms with Gasteiger partial charge in [0.05, 0.1) is 6.16 Å². The smallest absolute Gasteiger partial charge is 0.325 e. The van der Waals surface area contributed by atoms with Crippen molar-refractivity contribution in [3.63, 3.8) is 0 Å². The summed E-state index contributed by atoms with van der Waals surface area (Å²) in [6.45, 7) is 0. The molecule has 0 aromatic rings. The number of hydrogen-bond donors (Lipinski definition) is 4. The van der Waals surface area contributed by atoms with Crippen LogP contribution in [0.1, 0.15) is 38.5 Å². The van der Waals surface area contributed by atoms with Crippen LogP contribution in [-0.2, 0) is 9.36 Å². The van der Waals surface area contributed by atoms with E-state index in [9.17, 15) is 9.36 Å². The van der Waals surface area contributed by atoms with Gasteiger partial charge in [-0.15, -0.1) is 0 Å². The second-order valence-corrected chi connectivity index (χ2v) is 6.94. The van der Waals surface area contributed by atoms with Gasteiger partial charge in [-0.1, -0.05) is 25.7 Å². The molecule has 18 heavy (non-hydrogen) atoms.